The molecule has 0 aliphatic heterocycles. The Bertz CT molecular complexity index is 1360. The van der Waals surface area contributed by atoms with Crippen LogP contribution in [0.1, 0.15) is 17.5 Å². The molecule has 0 saturated carbocycles. The molecule has 0 saturated heterocycles. The van der Waals surface area contributed by atoms with Gasteiger partial charge in [0.1, 0.15) is 18.1 Å². The van der Waals surface area contributed by atoms with Crippen LogP contribution in [0.2, 0.25) is 0 Å². The number of ether oxygens (including phenoxy) is 2. The number of hydrogen-bond acceptors (Lipinski definition) is 4. The van der Waals surface area contributed by atoms with Gasteiger partial charge in [-0.2, -0.15) is 13.2 Å². The maximum atomic E-state index is 14.0. The van der Waals surface area contributed by atoms with Crippen molar-refractivity contribution in [3.8, 4) is 11.5 Å². The number of carbonyl (C=O) groups is 2. The minimum atomic E-state index is -4.78. The zero-order valence-electron chi connectivity index (χ0n) is 21.4. The molecule has 2 unspecified atom stereocenters. The van der Waals surface area contributed by atoms with Gasteiger partial charge in [-0.3, -0.25) is 4.79 Å². The molecular weight excluding hydrogens is 523 g/mol. The van der Waals surface area contributed by atoms with Crippen molar-refractivity contribution in [2.45, 2.75) is 25.1 Å². The quantitative estimate of drug-likeness (QED) is 0.292. The van der Waals surface area contributed by atoms with Crippen molar-refractivity contribution in [1.82, 2.24) is 5.32 Å². The Morgan fingerprint density at radius 2 is 1.57 bits per heavy atom. The molecule has 0 bridgehead atoms. The molecule has 0 aromatic heterocycles. The predicted octanol–water partition coefficient (Wildman–Crippen LogP) is 5.85. The molecule has 2 atom stereocenters. The number of hydrogen-bond donors (Lipinski definition) is 2. The number of benzene rings is 3. The number of alkyl halides is 3. The van der Waals surface area contributed by atoms with Crippen LogP contribution < -0.4 is 14.8 Å². The number of amides is 1. The van der Waals surface area contributed by atoms with Crippen LogP contribution in [0.5, 0.6) is 11.5 Å². The van der Waals surface area contributed by atoms with E-state index < -0.39 is 36.0 Å². The summed E-state index contributed by atoms with van der Waals surface area (Å²) in [4.78, 5) is 24.4. The molecule has 0 radical (unpaired) electrons. The SMILES string of the molecule is O=C(O)C(Cc1ccc(OCCNC(=O)C2(C(F)(F)F)C=CC(c3ccccc3)=CC2)cc1)Oc1ccccc1. The topological polar surface area (TPSA) is 84.9 Å². The lowest BCUT2D eigenvalue weighted by molar-refractivity contribution is -0.206. The Balaban J connectivity index is 1.29. The van der Waals surface area contributed by atoms with Gasteiger partial charge in [0.05, 0.1) is 6.54 Å². The zero-order valence-corrected chi connectivity index (χ0v) is 21.4. The monoisotopic (exact) mass is 551 g/mol. The van der Waals surface area contributed by atoms with Gasteiger partial charge in [-0.15, -0.1) is 0 Å². The number of allylic oxidation sites excluding steroid dienone is 3. The van der Waals surface area contributed by atoms with Crippen LogP contribution in [0.3, 0.4) is 0 Å². The van der Waals surface area contributed by atoms with Crippen molar-refractivity contribution in [2.75, 3.05) is 13.2 Å². The number of carboxylic acids is 1. The summed E-state index contributed by atoms with van der Waals surface area (Å²) in [6.45, 7) is -0.184. The van der Waals surface area contributed by atoms with Crippen LogP contribution in [0.15, 0.2) is 103 Å². The molecular formula is C31H28F3NO5. The van der Waals surface area contributed by atoms with Crippen LogP contribution in [0, 0.1) is 5.41 Å². The molecule has 1 aliphatic carbocycles. The van der Waals surface area contributed by atoms with E-state index in [-0.39, 0.29) is 19.6 Å². The minimum absolute atomic E-state index is 0.0529. The van der Waals surface area contributed by atoms with Gasteiger partial charge in [0.25, 0.3) is 0 Å². The van der Waals surface area contributed by atoms with E-state index in [1.807, 2.05) is 6.07 Å². The maximum Gasteiger partial charge on any atom is 0.406 e. The highest BCUT2D eigenvalue weighted by atomic mass is 19.4. The van der Waals surface area contributed by atoms with Crippen molar-refractivity contribution in [2.24, 2.45) is 5.41 Å². The van der Waals surface area contributed by atoms with E-state index in [4.69, 9.17) is 9.47 Å². The molecule has 9 heteroatoms. The summed E-state index contributed by atoms with van der Waals surface area (Å²) in [7, 11) is 0. The summed E-state index contributed by atoms with van der Waals surface area (Å²) in [5.41, 5.74) is -0.559. The lowest BCUT2D eigenvalue weighted by Gasteiger charge is -2.33. The first-order valence-electron chi connectivity index (χ1n) is 12.6. The molecule has 208 valence electrons. The van der Waals surface area contributed by atoms with Crippen molar-refractivity contribution in [3.63, 3.8) is 0 Å². The van der Waals surface area contributed by atoms with E-state index in [1.165, 1.54) is 12.2 Å². The normalized spacial score (nSPS) is 17.4. The molecule has 1 aliphatic rings. The first kappa shape index (κ1) is 28.5. The minimum Gasteiger partial charge on any atom is -0.492 e. The van der Waals surface area contributed by atoms with Crippen LogP contribution in [-0.4, -0.2) is 42.4 Å². The van der Waals surface area contributed by atoms with Crippen molar-refractivity contribution >= 4 is 17.4 Å². The number of rotatable bonds is 11. The van der Waals surface area contributed by atoms with E-state index in [9.17, 15) is 27.9 Å². The standard InChI is InChI=1S/C31H28F3NO5/c32-31(33,34)30(17-15-24(16-18-30)23-7-3-1-4-8-23)29(38)35-19-20-39-25-13-11-22(12-14-25)21-27(28(36)37)40-26-9-5-2-6-10-26/h1-17,27H,18-21H2,(H,35,38)(H,36,37). The van der Waals surface area contributed by atoms with Gasteiger partial charge in [-0.05, 0) is 47.4 Å². The Kier molecular flexibility index (Phi) is 8.93. The lowest BCUT2D eigenvalue weighted by Crippen LogP contribution is -2.50. The Hall–Kier alpha value is -4.53. The number of carboxylic acid groups (broad SMARTS) is 1. The fraction of sp³-hybridized carbons (Fsp3) is 0.226. The van der Waals surface area contributed by atoms with Gasteiger partial charge in [-0.1, -0.05) is 78.9 Å². The van der Waals surface area contributed by atoms with Crippen LogP contribution in [0.4, 0.5) is 13.2 Å². The van der Waals surface area contributed by atoms with E-state index in [0.717, 1.165) is 11.6 Å². The summed E-state index contributed by atoms with van der Waals surface area (Å²) >= 11 is 0. The molecule has 0 heterocycles. The predicted molar refractivity (Wildman–Crippen MR) is 144 cm³/mol. The highest BCUT2D eigenvalue weighted by molar-refractivity contribution is 5.89. The largest absolute Gasteiger partial charge is 0.492 e. The molecule has 4 rings (SSSR count). The number of para-hydroxylation sites is 1. The third-order valence-corrected chi connectivity index (χ3v) is 6.51. The second kappa shape index (κ2) is 12.5. The second-order valence-corrected chi connectivity index (χ2v) is 9.24. The smallest absolute Gasteiger partial charge is 0.406 e. The van der Waals surface area contributed by atoms with E-state index >= 15 is 0 Å². The molecule has 3 aromatic carbocycles. The Morgan fingerprint density at radius 3 is 2.15 bits per heavy atom. The number of nitrogens with one attached hydrogen (secondary N) is 1. The highest BCUT2D eigenvalue weighted by Gasteiger charge is 2.58. The van der Waals surface area contributed by atoms with Crippen LogP contribution >= 0.6 is 0 Å². The summed E-state index contributed by atoms with van der Waals surface area (Å²) < 4.78 is 53.2. The number of carbonyl (C=O) groups excluding carboxylic acids is 1. The summed E-state index contributed by atoms with van der Waals surface area (Å²) in [5, 5.41) is 11.9. The lowest BCUT2D eigenvalue weighted by atomic mass is 9.77. The van der Waals surface area contributed by atoms with Gasteiger partial charge < -0.3 is 19.9 Å². The van der Waals surface area contributed by atoms with E-state index in [0.29, 0.717) is 22.6 Å². The third kappa shape index (κ3) is 6.91. The molecule has 6 nitrogen and oxygen atoms in total. The molecule has 0 spiro atoms. The highest BCUT2D eigenvalue weighted by Crippen LogP contribution is 2.46. The third-order valence-electron chi connectivity index (χ3n) is 6.51. The Labute approximate surface area is 229 Å². The maximum absolute atomic E-state index is 14.0. The summed E-state index contributed by atoms with van der Waals surface area (Å²) in [5.74, 6) is -1.37. The molecule has 3 aromatic rings. The average molecular weight is 552 g/mol. The van der Waals surface area contributed by atoms with Crippen LogP contribution in [0.25, 0.3) is 5.57 Å². The first-order valence-corrected chi connectivity index (χ1v) is 12.6. The second-order valence-electron chi connectivity index (χ2n) is 9.24. The van der Waals surface area contributed by atoms with Gasteiger partial charge in [0, 0.05) is 6.42 Å². The number of aliphatic carboxylic acids is 1. The van der Waals surface area contributed by atoms with Crippen molar-refractivity contribution in [1.29, 1.82) is 0 Å². The van der Waals surface area contributed by atoms with Gasteiger partial charge in [0.2, 0.25) is 5.91 Å². The summed E-state index contributed by atoms with van der Waals surface area (Å²) in [6, 6.07) is 24.2. The van der Waals surface area contributed by atoms with E-state index in [1.54, 1.807) is 78.9 Å². The average Bonchev–Trinajstić information content (AvgIpc) is 2.96. The fourth-order valence-electron chi connectivity index (χ4n) is 4.26. The van der Waals surface area contributed by atoms with Gasteiger partial charge in [0.15, 0.2) is 11.5 Å². The van der Waals surface area contributed by atoms with Gasteiger partial charge >= 0.3 is 12.1 Å². The van der Waals surface area contributed by atoms with Crippen LogP contribution in [-0.2, 0) is 16.0 Å². The molecule has 2 N–H and O–H groups in total. The molecule has 0 fully saturated rings. The Morgan fingerprint density at radius 1 is 0.925 bits per heavy atom. The van der Waals surface area contributed by atoms with Gasteiger partial charge in [-0.25, -0.2) is 4.79 Å². The van der Waals surface area contributed by atoms with Crippen molar-refractivity contribution < 1.29 is 37.3 Å². The van der Waals surface area contributed by atoms with E-state index in [2.05, 4.69) is 5.32 Å². The fourth-order valence-corrected chi connectivity index (χ4v) is 4.26. The first-order chi connectivity index (χ1) is 19.2. The summed E-state index contributed by atoms with van der Waals surface area (Å²) in [6.07, 6.45) is -2.55. The zero-order chi connectivity index (χ0) is 28.6. The molecule has 40 heavy (non-hydrogen) atoms. The number of halogens is 3. The van der Waals surface area contributed by atoms with Crippen molar-refractivity contribution in [3.05, 3.63) is 114 Å². The molecule has 1 amide bonds.